The van der Waals surface area contributed by atoms with E-state index in [0.717, 1.165) is 0 Å². The van der Waals surface area contributed by atoms with Crippen molar-refractivity contribution < 1.29 is 28.1 Å². The van der Waals surface area contributed by atoms with E-state index in [1.165, 1.54) is 6.33 Å². The van der Waals surface area contributed by atoms with Gasteiger partial charge in [0.05, 0.1) is 37.1 Å². The molecule has 0 aliphatic carbocycles. The topological polar surface area (TPSA) is 154 Å². The van der Waals surface area contributed by atoms with Crippen molar-refractivity contribution in [1.82, 2.24) is 24.2 Å². The van der Waals surface area contributed by atoms with Gasteiger partial charge in [0.15, 0.2) is 17.0 Å². The van der Waals surface area contributed by atoms with Gasteiger partial charge in [0.1, 0.15) is 25.3 Å². The number of anilines is 1. The lowest BCUT2D eigenvalue weighted by Crippen LogP contribution is -2.36. The van der Waals surface area contributed by atoms with Crippen LogP contribution in [0.25, 0.3) is 11.2 Å². The predicted octanol–water partition coefficient (Wildman–Crippen LogP) is 5.88. The van der Waals surface area contributed by atoms with Crippen LogP contribution in [-0.2, 0) is 18.5 Å². The molecule has 0 saturated carbocycles. The fourth-order valence-corrected chi connectivity index (χ4v) is 7.04. The van der Waals surface area contributed by atoms with Gasteiger partial charge in [-0.15, -0.1) is 0 Å². The fourth-order valence-electron chi connectivity index (χ4n) is 5.28. The highest BCUT2D eigenvalue weighted by Gasteiger charge is 2.42. The zero-order chi connectivity index (χ0) is 33.3. The zero-order valence-electron chi connectivity index (χ0n) is 26.7. The molecular formula is C33H38N7O6P. The Morgan fingerprint density at radius 2 is 1.72 bits per heavy atom. The van der Waals surface area contributed by atoms with Crippen LogP contribution in [-0.4, -0.2) is 73.6 Å². The SMILES string of the molecule is CC(C)N(C(C)C)P(OCCC#N)O[C@@H]1C[C@H](n2cnc3c(NC(=O)c4ccccc4)ncnc32)O[C@@H]1COC(=O)c1ccccc1. The number of benzene rings is 2. The van der Waals surface area contributed by atoms with Crippen molar-refractivity contribution in [3.63, 3.8) is 0 Å². The van der Waals surface area contributed by atoms with E-state index in [9.17, 15) is 9.59 Å². The van der Waals surface area contributed by atoms with Crippen LogP contribution in [0.5, 0.6) is 0 Å². The molecule has 5 rings (SSSR count). The molecule has 0 radical (unpaired) electrons. The van der Waals surface area contributed by atoms with E-state index in [0.29, 0.717) is 28.7 Å². The summed E-state index contributed by atoms with van der Waals surface area (Å²) in [6, 6.07) is 19.9. The summed E-state index contributed by atoms with van der Waals surface area (Å²) in [6.07, 6.45) is 1.72. The molecule has 1 saturated heterocycles. The Balaban J connectivity index is 1.40. The van der Waals surface area contributed by atoms with E-state index >= 15 is 0 Å². The third-order valence-electron chi connectivity index (χ3n) is 7.39. The molecular weight excluding hydrogens is 621 g/mol. The molecule has 2 aromatic heterocycles. The minimum absolute atomic E-state index is 0.0698. The molecule has 3 heterocycles. The summed E-state index contributed by atoms with van der Waals surface area (Å²) >= 11 is 0. The fraction of sp³-hybridized carbons (Fsp3) is 0.394. The van der Waals surface area contributed by atoms with E-state index < -0.39 is 32.9 Å². The maximum atomic E-state index is 12.9. The number of carbonyl (C=O) groups is 2. The van der Waals surface area contributed by atoms with Crippen LogP contribution in [0.2, 0.25) is 0 Å². The molecule has 1 unspecified atom stereocenters. The molecule has 4 aromatic rings. The van der Waals surface area contributed by atoms with Gasteiger partial charge in [-0.1, -0.05) is 36.4 Å². The number of hydrogen-bond acceptors (Lipinski definition) is 11. The van der Waals surface area contributed by atoms with Crippen molar-refractivity contribution in [2.75, 3.05) is 18.5 Å². The number of nitrogens with zero attached hydrogens (tertiary/aromatic N) is 6. The minimum Gasteiger partial charge on any atom is -0.459 e. The van der Waals surface area contributed by atoms with Crippen molar-refractivity contribution >= 4 is 37.4 Å². The molecule has 47 heavy (non-hydrogen) atoms. The van der Waals surface area contributed by atoms with Crippen molar-refractivity contribution in [1.29, 1.82) is 5.26 Å². The standard InChI is InChI=1S/C33H38N7O6P/c1-22(2)40(23(3)4)47(44-17-11-16-34)46-26-18-28(45-27(26)19-43-33(42)25-14-9-6-10-15-25)39-21-37-29-30(35-20-36-31(29)39)38-32(41)24-12-7-5-8-13-24/h5-10,12-15,20-23,26-28H,11,17-19H2,1-4H3,(H,35,36,38,41)/t26-,27-,28-,47?/m1/s1. The Morgan fingerprint density at radius 1 is 1.04 bits per heavy atom. The van der Waals surface area contributed by atoms with Crippen LogP contribution in [0.1, 0.15) is 67.5 Å². The Morgan fingerprint density at radius 3 is 2.38 bits per heavy atom. The van der Waals surface area contributed by atoms with Gasteiger partial charge < -0.3 is 23.8 Å². The zero-order valence-corrected chi connectivity index (χ0v) is 27.6. The summed E-state index contributed by atoms with van der Waals surface area (Å²) in [7, 11) is -1.61. The van der Waals surface area contributed by atoms with Crippen molar-refractivity contribution in [2.24, 2.45) is 0 Å². The summed E-state index contributed by atoms with van der Waals surface area (Å²) in [6.45, 7) is 8.38. The normalized spacial score (nSPS) is 18.5. The maximum Gasteiger partial charge on any atom is 0.338 e. The number of hydrogen-bond donors (Lipinski definition) is 1. The Hall–Kier alpha value is -4.31. The smallest absolute Gasteiger partial charge is 0.338 e. The summed E-state index contributed by atoms with van der Waals surface area (Å²) in [5, 5.41) is 12.0. The number of nitrogens with one attached hydrogen (secondary N) is 1. The molecule has 0 bridgehead atoms. The number of carbonyl (C=O) groups excluding carboxylic acids is 2. The molecule has 13 nitrogen and oxygen atoms in total. The predicted molar refractivity (Wildman–Crippen MR) is 175 cm³/mol. The molecule has 14 heteroatoms. The number of ether oxygens (including phenoxy) is 2. The van der Waals surface area contributed by atoms with Crippen LogP contribution in [0.4, 0.5) is 5.82 Å². The largest absolute Gasteiger partial charge is 0.459 e. The van der Waals surface area contributed by atoms with Crippen LogP contribution < -0.4 is 5.32 Å². The van der Waals surface area contributed by atoms with E-state index in [1.54, 1.807) is 59.4 Å². The van der Waals surface area contributed by atoms with Crippen LogP contribution in [0.3, 0.4) is 0 Å². The van der Waals surface area contributed by atoms with Crippen LogP contribution in [0.15, 0.2) is 73.3 Å². The molecule has 4 atom stereocenters. The molecule has 1 N–H and O–H groups in total. The molecule has 1 amide bonds. The molecule has 2 aromatic carbocycles. The average molecular weight is 660 g/mol. The van der Waals surface area contributed by atoms with Gasteiger partial charge in [0.25, 0.3) is 14.4 Å². The highest BCUT2D eigenvalue weighted by Crippen LogP contribution is 2.50. The van der Waals surface area contributed by atoms with Gasteiger partial charge in [0, 0.05) is 24.1 Å². The Bertz CT molecular complexity index is 1670. The quantitative estimate of drug-likeness (QED) is 0.0980. The Labute approximate surface area is 274 Å². The molecule has 1 aliphatic rings. The number of imidazole rings is 1. The van der Waals surface area contributed by atoms with Crippen molar-refractivity contribution in [3.05, 3.63) is 84.4 Å². The number of aromatic nitrogens is 4. The minimum atomic E-state index is -1.61. The number of esters is 1. The lowest BCUT2D eigenvalue weighted by atomic mass is 10.2. The third-order valence-corrected chi connectivity index (χ3v) is 9.55. The summed E-state index contributed by atoms with van der Waals surface area (Å²) in [5.74, 6) is -0.536. The lowest BCUT2D eigenvalue weighted by Gasteiger charge is -2.37. The number of rotatable bonds is 14. The molecule has 0 spiro atoms. The van der Waals surface area contributed by atoms with Crippen LogP contribution in [0, 0.1) is 11.3 Å². The third kappa shape index (κ3) is 8.35. The molecule has 1 aliphatic heterocycles. The number of amides is 1. The van der Waals surface area contributed by atoms with Crippen molar-refractivity contribution in [2.45, 2.75) is 71.1 Å². The van der Waals surface area contributed by atoms with Gasteiger partial charge in [-0.05, 0) is 52.0 Å². The van der Waals surface area contributed by atoms with Crippen molar-refractivity contribution in [3.8, 4) is 6.07 Å². The van der Waals surface area contributed by atoms with E-state index in [1.807, 2.05) is 12.1 Å². The first-order valence-electron chi connectivity index (χ1n) is 15.4. The first kappa shape index (κ1) is 34.0. The van der Waals surface area contributed by atoms with Gasteiger partial charge in [-0.25, -0.2) is 24.4 Å². The highest BCUT2D eigenvalue weighted by molar-refractivity contribution is 7.44. The van der Waals surface area contributed by atoms with Gasteiger partial charge in [-0.3, -0.25) is 9.36 Å². The lowest BCUT2D eigenvalue weighted by molar-refractivity contribution is -0.0489. The van der Waals surface area contributed by atoms with E-state index in [2.05, 4.69) is 58.7 Å². The first-order valence-corrected chi connectivity index (χ1v) is 16.6. The molecule has 246 valence electrons. The van der Waals surface area contributed by atoms with Gasteiger partial charge in [-0.2, -0.15) is 5.26 Å². The Kier molecular flexibility index (Phi) is 11.6. The summed E-state index contributed by atoms with van der Waals surface area (Å²) < 4.78 is 28.9. The van der Waals surface area contributed by atoms with E-state index in [4.69, 9.17) is 23.8 Å². The highest BCUT2D eigenvalue weighted by atomic mass is 31.2. The maximum absolute atomic E-state index is 12.9. The summed E-state index contributed by atoms with van der Waals surface area (Å²) in [5.41, 5.74) is 1.75. The second-order valence-corrected chi connectivity index (χ2v) is 12.8. The van der Waals surface area contributed by atoms with Crippen LogP contribution >= 0.6 is 8.53 Å². The molecule has 1 fully saturated rings. The second-order valence-electron chi connectivity index (χ2n) is 11.4. The second kappa shape index (κ2) is 16.0. The average Bonchev–Trinajstić information content (AvgIpc) is 3.68. The summed E-state index contributed by atoms with van der Waals surface area (Å²) in [4.78, 5) is 39.0. The number of nitriles is 1. The van der Waals surface area contributed by atoms with Gasteiger partial charge >= 0.3 is 5.97 Å². The number of fused-ring (bicyclic) bond motifs is 1. The van der Waals surface area contributed by atoms with E-state index in [-0.39, 0.29) is 43.4 Å². The monoisotopic (exact) mass is 659 g/mol. The van der Waals surface area contributed by atoms with Gasteiger partial charge in [0.2, 0.25) is 0 Å². The first-order chi connectivity index (χ1) is 22.8.